The Morgan fingerprint density at radius 1 is 1.16 bits per heavy atom. The normalized spacial score (nSPS) is 24.7. The van der Waals surface area contributed by atoms with Crippen molar-refractivity contribution in [3.63, 3.8) is 0 Å². The Morgan fingerprint density at radius 2 is 1.95 bits per heavy atom. The second kappa shape index (κ2) is 5.64. The van der Waals surface area contributed by atoms with Gasteiger partial charge in [0.2, 0.25) is 0 Å². The molecule has 1 nitrogen and oxygen atoms in total. The number of likely N-dealkylation sites (tertiary alicyclic amines) is 1. The lowest BCUT2D eigenvalue weighted by atomic mass is 9.97. The van der Waals surface area contributed by atoms with Gasteiger partial charge < -0.3 is 0 Å². The maximum absolute atomic E-state index is 3.82. The van der Waals surface area contributed by atoms with E-state index >= 15 is 0 Å². The van der Waals surface area contributed by atoms with Gasteiger partial charge in [0.1, 0.15) is 0 Å². The molecule has 0 aliphatic carbocycles. The molecule has 1 saturated heterocycles. The number of fused-ring (bicyclic) bond motifs is 1. The molecule has 100 valence electrons. The van der Waals surface area contributed by atoms with Gasteiger partial charge in [-0.15, -0.1) is 0 Å². The van der Waals surface area contributed by atoms with Crippen LogP contribution >= 0.6 is 15.9 Å². The average Bonchev–Trinajstić information content (AvgIpc) is 2.43. The molecule has 0 amide bonds. The molecule has 3 rings (SSSR count). The standard InChI is InChI=1S/C17H20BrN/c1-13-9-10-19(12-17(13)18)11-15-7-4-6-14-5-2-3-8-16(14)15/h2-8,13,17H,9-12H2,1H3. The van der Waals surface area contributed by atoms with Crippen LogP contribution in [0.25, 0.3) is 10.8 Å². The highest BCUT2D eigenvalue weighted by Crippen LogP contribution is 2.26. The summed E-state index contributed by atoms with van der Waals surface area (Å²) >= 11 is 3.82. The molecule has 0 radical (unpaired) electrons. The molecule has 19 heavy (non-hydrogen) atoms. The van der Waals surface area contributed by atoms with Crippen molar-refractivity contribution in [2.45, 2.75) is 24.7 Å². The SMILES string of the molecule is CC1CCN(Cc2cccc3ccccc23)CC1Br. The van der Waals surface area contributed by atoms with Crippen LogP contribution in [0.3, 0.4) is 0 Å². The Morgan fingerprint density at radius 3 is 2.79 bits per heavy atom. The van der Waals surface area contributed by atoms with Gasteiger partial charge in [-0.3, -0.25) is 4.90 Å². The van der Waals surface area contributed by atoms with Crippen LogP contribution in [0.4, 0.5) is 0 Å². The number of halogens is 1. The van der Waals surface area contributed by atoms with Crippen LogP contribution in [-0.2, 0) is 6.54 Å². The molecular formula is C17H20BrN. The molecule has 1 aliphatic rings. The fraction of sp³-hybridized carbons (Fsp3) is 0.412. The molecule has 1 heterocycles. The Balaban J connectivity index is 1.82. The van der Waals surface area contributed by atoms with Gasteiger partial charge in [0, 0.05) is 17.9 Å². The van der Waals surface area contributed by atoms with Crippen molar-refractivity contribution in [2.75, 3.05) is 13.1 Å². The molecule has 2 atom stereocenters. The second-order valence-electron chi connectivity index (χ2n) is 5.66. The van der Waals surface area contributed by atoms with E-state index in [0.29, 0.717) is 4.83 Å². The molecule has 2 unspecified atom stereocenters. The lowest BCUT2D eigenvalue weighted by Gasteiger charge is -2.34. The smallest absolute Gasteiger partial charge is 0.0299 e. The predicted molar refractivity (Wildman–Crippen MR) is 85.7 cm³/mol. The van der Waals surface area contributed by atoms with Crippen LogP contribution in [0.2, 0.25) is 0 Å². The highest BCUT2D eigenvalue weighted by molar-refractivity contribution is 9.09. The van der Waals surface area contributed by atoms with E-state index in [1.807, 2.05) is 0 Å². The molecule has 1 aliphatic heterocycles. The maximum Gasteiger partial charge on any atom is 0.0299 e. The summed E-state index contributed by atoms with van der Waals surface area (Å²) in [5, 5.41) is 2.75. The molecule has 0 spiro atoms. The quantitative estimate of drug-likeness (QED) is 0.740. The topological polar surface area (TPSA) is 3.24 Å². The second-order valence-corrected chi connectivity index (χ2v) is 6.83. The van der Waals surface area contributed by atoms with Crippen molar-refractivity contribution in [1.29, 1.82) is 0 Å². The number of benzene rings is 2. The van der Waals surface area contributed by atoms with Gasteiger partial charge in [0.05, 0.1) is 0 Å². The Kier molecular flexibility index (Phi) is 3.90. The molecule has 0 aromatic heterocycles. The van der Waals surface area contributed by atoms with Crippen molar-refractivity contribution >= 4 is 26.7 Å². The number of rotatable bonds is 2. The van der Waals surface area contributed by atoms with Crippen LogP contribution < -0.4 is 0 Å². The van der Waals surface area contributed by atoms with E-state index in [4.69, 9.17) is 0 Å². The first-order valence-corrected chi connectivity index (χ1v) is 7.98. The predicted octanol–water partition coefficient (Wildman–Crippen LogP) is 4.45. The monoisotopic (exact) mass is 317 g/mol. The number of alkyl halides is 1. The summed E-state index contributed by atoms with van der Waals surface area (Å²) in [4.78, 5) is 3.21. The van der Waals surface area contributed by atoms with E-state index in [1.54, 1.807) is 0 Å². The summed E-state index contributed by atoms with van der Waals surface area (Å²) in [7, 11) is 0. The first-order valence-electron chi connectivity index (χ1n) is 7.07. The zero-order valence-corrected chi connectivity index (χ0v) is 12.9. The maximum atomic E-state index is 3.82. The van der Waals surface area contributed by atoms with Gasteiger partial charge in [-0.1, -0.05) is 65.3 Å². The van der Waals surface area contributed by atoms with Crippen molar-refractivity contribution in [1.82, 2.24) is 4.90 Å². The van der Waals surface area contributed by atoms with Gasteiger partial charge in [0.25, 0.3) is 0 Å². The highest BCUT2D eigenvalue weighted by Gasteiger charge is 2.24. The Labute approximate surface area is 123 Å². The fourth-order valence-electron chi connectivity index (χ4n) is 2.90. The summed E-state index contributed by atoms with van der Waals surface area (Å²) in [6, 6.07) is 15.3. The third-order valence-corrected chi connectivity index (χ3v) is 5.42. The molecule has 0 saturated carbocycles. The lowest BCUT2D eigenvalue weighted by Crippen LogP contribution is -2.39. The zero-order chi connectivity index (χ0) is 13.2. The molecule has 2 aromatic rings. The first-order chi connectivity index (χ1) is 9.24. The van der Waals surface area contributed by atoms with E-state index in [1.165, 1.54) is 29.3 Å². The van der Waals surface area contributed by atoms with E-state index < -0.39 is 0 Å². The van der Waals surface area contributed by atoms with Crippen molar-refractivity contribution in [2.24, 2.45) is 5.92 Å². The minimum Gasteiger partial charge on any atom is -0.298 e. The lowest BCUT2D eigenvalue weighted by molar-refractivity contribution is 0.194. The molecular weight excluding hydrogens is 298 g/mol. The number of nitrogens with zero attached hydrogens (tertiary/aromatic N) is 1. The molecule has 2 heteroatoms. The molecule has 0 N–H and O–H groups in total. The summed E-state index contributed by atoms with van der Waals surface area (Å²) in [6.07, 6.45) is 1.29. The Bertz CT molecular complexity index is 561. The zero-order valence-electron chi connectivity index (χ0n) is 11.3. The van der Waals surface area contributed by atoms with Crippen LogP contribution in [-0.4, -0.2) is 22.8 Å². The summed E-state index contributed by atoms with van der Waals surface area (Å²) < 4.78 is 0. The van der Waals surface area contributed by atoms with Gasteiger partial charge >= 0.3 is 0 Å². The van der Waals surface area contributed by atoms with Crippen LogP contribution in [0, 0.1) is 5.92 Å². The molecule has 2 aromatic carbocycles. The number of hydrogen-bond acceptors (Lipinski definition) is 1. The van der Waals surface area contributed by atoms with Crippen molar-refractivity contribution < 1.29 is 0 Å². The van der Waals surface area contributed by atoms with Crippen LogP contribution in [0.15, 0.2) is 42.5 Å². The Hall–Kier alpha value is -0.860. The van der Waals surface area contributed by atoms with Gasteiger partial charge in [-0.05, 0) is 35.2 Å². The highest BCUT2D eigenvalue weighted by atomic mass is 79.9. The third-order valence-electron chi connectivity index (χ3n) is 4.22. The minimum atomic E-state index is 0.635. The third kappa shape index (κ3) is 2.85. The van der Waals surface area contributed by atoms with Crippen molar-refractivity contribution in [3.8, 4) is 0 Å². The average molecular weight is 318 g/mol. The molecule has 0 bridgehead atoms. The summed E-state index contributed by atoms with van der Waals surface area (Å²) in [6.45, 7) is 5.78. The van der Waals surface area contributed by atoms with Crippen LogP contribution in [0.5, 0.6) is 0 Å². The minimum absolute atomic E-state index is 0.635. The van der Waals surface area contributed by atoms with Gasteiger partial charge in [-0.25, -0.2) is 0 Å². The first kappa shape index (κ1) is 13.1. The van der Waals surface area contributed by atoms with Crippen molar-refractivity contribution in [3.05, 3.63) is 48.0 Å². The van der Waals surface area contributed by atoms with E-state index in [9.17, 15) is 0 Å². The summed E-state index contributed by atoms with van der Waals surface area (Å²) in [5.74, 6) is 0.795. The van der Waals surface area contributed by atoms with Crippen LogP contribution in [0.1, 0.15) is 18.9 Å². The van der Waals surface area contributed by atoms with Gasteiger partial charge in [-0.2, -0.15) is 0 Å². The summed E-state index contributed by atoms with van der Waals surface area (Å²) in [5.41, 5.74) is 1.45. The van der Waals surface area contributed by atoms with E-state index in [2.05, 4.69) is 70.2 Å². The van der Waals surface area contributed by atoms with E-state index in [-0.39, 0.29) is 0 Å². The number of piperidine rings is 1. The molecule has 1 fully saturated rings. The number of hydrogen-bond donors (Lipinski definition) is 0. The largest absolute Gasteiger partial charge is 0.298 e. The fourth-order valence-corrected chi connectivity index (χ4v) is 3.57. The van der Waals surface area contributed by atoms with E-state index in [0.717, 1.165) is 19.0 Å². The van der Waals surface area contributed by atoms with Gasteiger partial charge in [0.15, 0.2) is 0 Å².